The van der Waals surface area contributed by atoms with E-state index in [2.05, 4.69) is 4.90 Å². The van der Waals surface area contributed by atoms with Gasteiger partial charge in [0.05, 0.1) is 39.0 Å². The molecule has 0 aliphatic carbocycles. The second kappa shape index (κ2) is 13.8. The van der Waals surface area contributed by atoms with Crippen molar-refractivity contribution in [3.8, 4) is 17.2 Å². The maximum atomic E-state index is 13.6. The van der Waals surface area contributed by atoms with Crippen molar-refractivity contribution < 1.29 is 33.6 Å². The molecule has 226 valence electrons. The molecule has 0 radical (unpaired) electrons. The third-order valence-electron chi connectivity index (χ3n) is 7.94. The predicted octanol–water partition coefficient (Wildman–Crippen LogP) is 4.74. The molecule has 9 nitrogen and oxygen atoms in total. The van der Waals surface area contributed by atoms with Gasteiger partial charge in [0, 0.05) is 31.7 Å². The molecule has 1 amide bonds. The average Bonchev–Trinajstić information content (AvgIpc) is 3.29. The van der Waals surface area contributed by atoms with Gasteiger partial charge >= 0.3 is 0 Å². The number of Topliss-reactive ketones (excluding diaryl/α,β-unsaturated/α-hetero) is 1. The number of aliphatic hydroxyl groups is 1. The van der Waals surface area contributed by atoms with Gasteiger partial charge < -0.3 is 29.0 Å². The Morgan fingerprint density at radius 2 is 1.67 bits per heavy atom. The topological polar surface area (TPSA) is 97.8 Å². The number of methoxy groups -OCH3 is 2. The van der Waals surface area contributed by atoms with Gasteiger partial charge in [0.15, 0.2) is 11.5 Å². The number of hydrogen-bond acceptors (Lipinski definition) is 8. The van der Waals surface area contributed by atoms with Crippen molar-refractivity contribution in [1.29, 1.82) is 0 Å². The first-order valence-electron chi connectivity index (χ1n) is 14.5. The van der Waals surface area contributed by atoms with E-state index in [4.69, 9.17) is 18.9 Å². The van der Waals surface area contributed by atoms with Crippen molar-refractivity contribution >= 4 is 17.4 Å². The fourth-order valence-electron chi connectivity index (χ4n) is 5.65. The van der Waals surface area contributed by atoms with Crippen LogP contribution in [0.4, 0.5) is 0 Å². The molecule has 0 unspecified atom stereocenters. The Morgan fingerprint density at radius 1 is 0.930 bits per heavy atom. The fourth-order valence-corrected chi connectivity index (χ4v) is 5.65. The number of hydrogen-bond donors (Lipinski definition) is 1. The van der Waals surface area contributed by atoms with Crippen LogP contribution in [0.1, 0.15) is 34.7 Å². The Morgan fingerprint density at radius 3 is 2.37 bits per heavy atom. The highest BCUT2D eigenvalue weighted by Crippen LogP contribution is 2.42. The third kappa shape index (κ3) is 6.68. The summed E-state index contributed by atoms with van der Waals surface area (Å²) in [6, 6.07) is 19.6. The molecule has 2 aliphatic heterocycles. The van der Waals surface area contributed by atoms with Gasteiger partial charge in [-0.1, -0.05) is 36.4 Å². The van der Waals surface area contributed by atoms with Crippen molar-refractivity contribution in [3.63, 3.8) is 0 Å². The van der Waals surface area contributed by atoms with Crippen LogP contribution < -0.4 is 14.2 Å². The quantitative estimate of drug-likeness (QED) is 0.196. The lowest BCUT2D eigenvalue weighted by atomic mass is 9.93. The van der Waals surface area contributed by atoms with Crippen LogP contribution in [0.25, 0.3) is 5.76 Å². The van der Waals surface area contributed by atoms with Gasteiger partial charge in [-0.15, -0.1) is 0 Å². The van der Waals surface area contributed by atoms with Gasteiger partial charge in [-0.05, 0) is 60.4 Å². The summed E-state index contributed by atoms with van der Waals surface area (Å²) in [5.41, 5.74) is 2.90. The summed E-state index contributed by atoms with van der Waals surface area (Å²) in [7, 11) is 3.08. The zero-order valence-electron chi connectivity index (χ0n) is 24.9. The number of amides is 1. The molecule has 3 aromatic carbocycles. The third-order valence-corrected chi connectivity index (χ3v) is 7.94. The standard InChI is InChI=1S/C34H38N2O7/c1-23-20-26(43-22-24-8-5-4-6-9-24)11-12-27(23)32(37)30-31(25-10-13-28(40-2)29(21-25)41-3)36(34(39)33(30)38)15-7-14-35-16-18-42-19-17-35/h4-6,8-13,20-21,31,37H,7,14-19,22H2,1-3H3/t31-/m0/s1. The second-order valence-electron chi connectivity index (χ2n) is 10.7. The van der Waals surface area contributed by atoms with Crippen LogP contribution >= 0.6 is 0 Å². The van der Waals surface area contributed by atoms with Gasteiger partial charge in [0.1, 0.15) is 18.1 Å². The Labute approximate surface area is 252 Å². The van der Waals surface area contributed by atoms with E-state index in [1.807, 2.05) is 43.3 Å². The summed E-state index contributed by atoms with van der Waals surface area (Å²) >= 11 is 0. The molecule has 2 aliphatic rings. The van der Waals surface area contributed by atoms with E-state index in [1.165, 1.54) is 7.11 Å². The molecule has 9 heteroatoms. The highest BCUT2D eigenvalue weighted by molar-refractivity contribution is 6.46. The lowest BCUT2D eigenvalue weighted by molar-refractivity contribution is -0.140. The Kier molecular flexibility index (Phi) is 9.64. The number of benzene rings is 3. The lowest BCUT2D eigenvalue weighted by Gasteiger charge is -2.29. The smallest absolute Gasteiger partial charge is 0.295 e. The summed E-state index contributed by atoms with van der Waals surface area (Å²) in [6.45, 7) is 6.41. The molecular formula is C34H38N2O7. The van der Waals surface area contributed by atoms with Gasteiger partial charge in [-0.3, -0.25) is 14.5 Å². The molecule has 1 atom stereocenters. The second-order valence-corrected chi connectivity index (χ2v) is 10.7. The molecule has 0 spiro atoms. The van der Waals surface area contributed by atoms with E-state index in [9.17, 15) is 14.7 Å². The van der Waals surface area contributed by atoms with Crippen molar-refractivity contribution in [2.75, 3.05) is 53.6 Å². The van der Waals surface area contributed by atoms with Crippen molar-refractivity contribution in [2.45, 2.75) is 26.0 Å². The minimum absolute atomic E-state index is 0.0460. The number of rotatable bonds is 11. The molecule has 0 aromatic heterocycles. The lowest BCUT2D eigenvalue weighted by Crippen LogP contribution is -2.39. The van der Waals surface area contributed by atoms with Gasteiger partial charge in [0.2, 0.25) is 0 Å². The molecular weight excluding hydrogens is 548 g/mol. The van der Waals surface area contributed by atoms with E-state index >= 15 is 0 Å². The molecule has 5 rings (SSSR count). The number of likely N-dealkylation sites (tertiary alicyclic amines) is 1. The number of ketones is 1. The summed E-state index contributed by atoms with van der Waals surface area (Å²) < 4.78 is 22.3. The van der Waals surface area contributed by atoms with Crippen LogP contribution in [0.15, 0.2) is 72.3 Å². The number of aliphatic hydroxyl groups excluding tert-OH is 1. The highest BCUT2D eigenvalue weighted by Gasteiger charge is 2.46. The van der Waals surface area contributed by atoms with Crippen LogP contribution in [0.3, 0.4) is 0 Å². The van der Waals surface area contributed by atoms with Crippen LogP contribution in [0.5, 0.6) is 17.2 Å². The van der Waals surface area contributed by atoms with Crippen LogP contribution in [0.2, 0.25) is 0 Å². The van der Waals surface area contributed by atoms with Crippen molar-refractivity contribution in [1.82, 2.24) is 9.80 Å². The normalized spacial score (nSPS) is 18.6. The molecule has 1 N–H and O–H groups in total. The number of carbonyl (C=O) groups excluding carboxylic acids is 2. The number of nitrogens with zero attached hydrogens (tertiary/aromatic N) is 2. The number of carbonyl (C=O) groups is 2. The summed E-state index contributed by atoms with van der Waals surface area (Å²) in [5, 5.41) is 11.7. The number of ether oxygens (including phenoxy) is 4. The molecule has 0 bridgehead atoms. The Bertz CT molecular complexity index is 1480. The summed E-state index contributed by atoms with van der Waals surface area (Å²) in [5.74, 6) is 0.0579. The van der Waals surface area contributed by atoms with Crippen molar-refractivity contribution in [2.24, 2.45) is 0 Å². The first kappa shape index (κ1) is 30.1. The van der Waals surface area contributed by atoms with Crippen molar-refractivity contribution in [3.05, 3.63) is 94.6 Å². The highest BCUT2D eigenvalue weighted by atomic mass is 16.5. The van der Waals surface area contributed by atoms with E-state index in [0.29, 0.717) is 66.7 Å². The number of aryl methyl sites for hydroxylation is 1. The Hall–Kier alpha value is -4.34. The minimum Gasteiger partial charge on any atom is -0.507 e. The maximum absolute atomic E-state index is 13.6. The molecule has 2 fully saturated rings. The minimum atomic E-state index is -0.794. The molecule has 3 aromatic rings. The molecule has 2 heterocycles. The largest absolute Gasteiger partial charge is 0.507 e. The molecule has 2 saturated heterocycles. The predicted molar refractivity (Wildman–Crippen MR) is 162 cm³/mol. The van der Waals surface area contributed by atoms with Gasteiger partial charge in [0.25, 0.3) is 11.7 Å². The van der Waals surface area contributed by atoms with Gasteiger partial charge in [-0.2, -0.15) is 0 Å². The SMILES string of the molecule is COc1ccc([C@H]2C(=C(O)c3ccc(OCc4ccccc4)cc3C)C(=O)C(=O)N2CCCN2CCOCC2)cc1OC. The summed E-state index contributed by atoms with van der Waals surface area (Å²) in [6.07, 6.45) is 0.670. The zero-order chi connectivity index (χ0) is 30.3. The van der Waals surface area contributed by atoms with Crippen LogP contribution in [-0.2, 0) is 20.9 Å². The van der Waals surface area contributed by atoms with Crippen LogP contribution in [0, 0.1) is 6.92 Å². The van der Waals surface area contributed by atoms with Crippen LogP contribution in [-0.4, -0.2) is 80.2 Å². The van der Waals surface area contributed by atoms with E-state index in [-0.39, 0.29) is 11.3 Å². The number of morpholine rings is 1. The van der Waals surface area contributed by atoms with E-state index in [0.717, 1.165) is 25.2 Å². The fraction of sp³-hybridized carbons (Fsp3) is 0.353. The van der Waals surface area contributed by atoms with E-state index in [1.54, 1.807) is 42.3 Å². The average molecular weight is 587 g/mol. The van der Waals surface area contributed by atoms with Gasteiger partial charge in [-0.25, -0.2) is 0 Å². The summed E-state index contributed by atoms with van der Waals surface area (Å²) in [4.78, 5) is 30.9. The molecule has 0 saturated carbocycles. The first-order valence-corrected chi connectivity index (χ1v) is 14.5. The zero-order valence-corrected chi connectivity index (χ0v) is 24.9. The first-order chi connectivity index (χ1) is 20.9. The molecule has 43 heavy (non-hydrogen) atoms. The monoisotopic (exact) mass is 586 g/mol. The van der Waals surface area contributed by atoms with E-state index < -0.39 is 17.7 Å². The Balaban J connectivity index is 1.47. The maximum Gasteiger partial charge on any atom is 0.295 e.